The third-order valence-corrected chi connectivity index (χ3v) is 2.90. The molecule has 0 saturated carbocycles. The summed E-state index contributed by atoms with van der Waals surface area (Å²) in [6, 6.07) is 5.65. The Balaban J connectivity index is 2.55. The van der Waals surface area contributed by atoms with Crippen molar-refractivity contribution < 1.29 is 4.79 Å². The molecule has 0 unspecified atom stereocenters. The zero-order chi connectivity index (χ0) is 9.42. The van der Waals surface area contributed by atoms with Crippen molar-refractivity contribution >= 4 is 21.8 Å². The van der Waals surface area contributed by atoms with Crippen molar-refractivity contribution in [2.24, 2.45) is 0 Å². The van der Waals surface area contributed by atoms with E-state index in [-0.39, 0.29) is 5.91 Å². The fourth-order valence-corrected chi connectivity index (χ4v) is 1.96. The third kappa shape index (κ3) is 1.20. The van der Waals surface area contributed by atoms with Gasteiger partial charge in [-0.05, 0) is 17.7 Å². The minimum Gasteiger partial charge on any atom is -0.311 e. The van der Waals surface area contributed by atoms with E-state index in [1.54, 1.807) is 11.1 Å². The Hall–Kier alpha value is -1.09. The molecule has 0 fully saturated rings. The van der Waals surface area contributed by atoms with Crippen LogP contribution >= 0.6 is 15.9 Å². The van der Waals surface area contributed by atoms with Crippen molar-refractivity contribution in [1.82, 2.24) is 4.90 Å². The predicted octanol–water partition coefficient (Wildman–Crippen LogP) is 2.55. The van der Waals surface area contributed by atoms with Crippen molar-refractivity contribution in [3.8, 4) is 0 Å². The summed E-state index contributed by atoms with van der Waals surface area (Å²) in [5.41, 5.74) is 1.82. The summed E-state index contributed by atoms with van der Waals surface area (Å²) in [6.45, 7) is 4.22. The summed E-state index contributed by atoms with van der Waals surface area (Å²) in [4.78, 5) is 13.2. The quantitative estimate of drug-likeness (QED) is 0.736. The smallest absolute Gasteiger partial charge is 0.258 e. The van der Waals surface area contributed by atoms with E-state index in [2.05, 4.69) is 22.5 Å². The molecule has 1 heterocycles. The molecule has 2 rings (SSSR count). The zero-order valence-electron chi connectivity index (χ0n) is 6.96. The first-order valence-corrected chi connectivity index (χ1v) is 4.74. The molecule has 0 atom stereocenters. The number of hydrogen-bond donors (Lipinski definition) is 0. The van der Waals surface area contributed by atoms with E-state index in [4.69, 9.17) is 0 Å². The van der Waals surface area contributed by atoms with Crippen molar-refractivity contribution in [3.63, 3.8) is 0 Å². The molecule has 1 aliphatic heterocycles. The maximum absolute atomic E-state index is 11.6. The van der Waals surface area contributed by atoms with Gasteiger partial charge in [0.2, 0.25) is 0 Å². The number of halogens is 1. The average molecular weight is 238 g/mol. The molecule has 0 aliphatic carbocycles. The van der Waals surface area contributed by atoms with Crippen molar-refractivity contribution in [3.05, 3.63) is 46.6 Å². The molecule has 66 valence electrons. The molecule has 0 saturated heterocycles. The van der Waals surface area contributed by atoms with Crippen LogP contribution in [0.25, 0.3) is 0 Å². The standard InChI is InChI=1S/C10H8BrNO/c1-2-12-6-8-7(10(12)13)4-3-5-9(8)11/h2-5H,1,6H2. The van der Waals surface area contributed by atoms with Crippen LogP contribution in [0.5, 0.6) is 0 Å². The van der Waals surface area contributed by atoms with Gasteiger partial charge in [0, 0.05) is 16.2 Å². The maximum Gasteiger partial charge on any atom is 0.258 e. The van der Waals surface area contributed by atoms with Crippen LogP contribution < -0.4 is 0 Å². The average Bonchev–Trinajstić information content (AvgIpc) is 2.45. The Morgan fingerprint density at radius 2 is 2.31 bits per heavy atom. The molecule has 1 aromatic carbocycles. The Kier molecular flexibility index (Phi) is 1.96. The number of nitrogens with zero attached hydrogens (tertiary/aromatic N) is 1. The minimum absolute atomic E-state index is 0.0336. The van der Waals surface area contributed by atoms with Gasteiger partial charge in [0.1, 0.15) is 0 Å². The Bertz CT molecular complexity index is 387. The molecule has 0 spiro atoms. The molecule has 2 nitrogen and oxygen atoms in total. The van der Waals surface area contributed by atoms with Crippen LogP contribution in [0.1, 0.15) is 15.9 Å². The predicted molar refractivity (Wildman–Crippen MR) is 54.2 cm³/mol. The van der Waals surface area contributed by atoms with E-state index in [1.165, 1.54) is 0 Å². The number of amides is 1. The lowest BCUT2D eigenvalue weighted by molar-refractivity contribution is 0.0842. The number of carbonyl (C=O) groups excluding carboxylic acids is 1. The number of fused-ring (bicyclic) bond motifs is 1. The normalized spacial score (nSPS) is 14.5. The second-order valence-electron chi connectivity index (χ2n) is 2.88. The largest absolute Gasteiger partial charge is 0.311 e. The van der Waals surface area contributed by atoms with E-state index in [9.17, 15) is 4.79 Å². The topological polar surface area (TPSA) is 20.3 Å². The first-order chi connectivity index (χ1) is 6.24. The molecule has 13 heavy (non-hydrogen) atoms. The highest BCUT2D eigenvalue weighted by atomic mass is 79.9. The van der Waals surface area contributed by atoms with Crippen molar-refractivity contribution in [1.29, 1.82) is 0 Å². The van der Waals surface area contributed by atoms with Crippen LogP contribution in [-0.4, -0.2) is 10.8 Å². The van der Waals surface area contributed by atoms with Crippen LogP contribution in [0, 0.1) is 0 Å². The fraction of sp³-hybridized carbons (Fsp3) is 0.100. The van der Waals surface area contributed by atoms with Gasteiger partial charge in [-0.15, -0.1) is 0 Å². The van der Waals surface area contributed by atoms with Gasteiger partial charge < -0.3 is 4.90 Å². The highest BCUT2D eigenvalue weighted by molar-refractivity contribution is 9.10. The molecule has 0 N–H and O–H groups in total. The van der Waals surface area contributed by atoms with E-state index in [1.807, 2.05) is 18.2 Å². The van der Waals surface area contributed by atoms with Crippen LogP contribution in [0.3, 0.4) is 0 Å². The van der Waals surface area contributed by atoms with E-state index < -0.39 is 0 Å². The number of rotatable bonds is 1. The lowest BCUT2D eigenvalue weighted by Crippen LogP contribution is -2.15. The van der Waals surface area contributed by atoms with Gasteiger partial charge in [-0.1, -0.05) is 28.6 Å². The van der Waals surface area contributed by atoms with Gasteiger partial charge in [-0.25, -0.2) is 0 Å². The first kappa shape index (κ1) is 8.51. The van der Waals surface area contributed by atoms with Gasteiger partial charge in [0.25, 0.3) is 5.91 Å². The molecule has 1 amide bonds. The molecule has 0 radical (unpaired) electrons. The Morgan fingerprint density at radius 1 is 1.54 bits per heavy atom. The second-order valence-corrected chi connectivity index (χ2v) is 3.74. The number of carbonyl (C=O) groups is 1. The molecule has 1 aromatic rings. The van der Waals surface area contributed by atoms with Crippen molar-refractivity contribution in [2.45, 2.75) is 6.54 Å². The maximum atomic E-state index is 11.6. The van der Waals surface area contributed by atoms with Crippen LogP contribution in [0.2, 0.25) is 0 Å². The second kappa shape index (κ2) is 3.00. The van der Waals surface area contributed by atoms with Gasteiger partial charge in [-0.3, -0.25) is 4.79 Å². The van der Waals surface area contributed by atoms with E-state index >= 15 is 0 Å². The summed E-state index contributed by atoms with van der Waals surface area (Å²) < 4.78 is 0.989. The molecular weight excluding hydrogens is 230 g/mol. The number of hydrogen-bond acceptors (Lipinski definition) is 1. The van der Waals surface area contributed by atoms with Crippen LogP contribution in [-0.2, 0) is 6.54 Å². The molecule has 0 aromatic heterocycles. The van der Waals surface area contributed by atoms with Gasteiger partial charge in [0.15, 0.2) is 0 Å². The van der Waals surface area contributed by atoms with E-state index in [0.29, 0.717) is 6.54 Å². The first-order valence-electron chi connectivity index (χ1n) is 3.95. The summed E-state index contributed by atoms with van der Waals surface area (Å²) in [5.74, 6) is 0.0336. The lowest BCUT2D eigenvalue weighted by atomic mass is 10.1. The van der Waals surface area contributed by atoms with Crippen LogP contribution in [0.4, 0.5) is 0 Å². The Labute approximate surface area is 85.0 Å². The zero-order valence-corrected chi connectivity index (χ0v) is 8.54. The fourth-order valence-electron chi connectivity index (χ4n) is 1.46. The highest BCUT2D eigenvalue weighted by Crippen LogP contribution is 2.29. The summed E-state index contributed by atoms with van der Waals surface area (Å²) in [7, 11) is 0. The van der Waals surface area contributed by atoms with Crippen LogP contribution in [0.15, 0.2) is 35.5 Å². The summed E-state index contributed by atoms with van der Waals surface area (Å²) in [6.07, 6.45) is 1.56. The third-order valence-electron chi connectivity index (χ3n) is 2.16. The highest BCUT2D eigenvalue weighted by Gasteiger charge is 2.26. The lowest BCUT2D eigenvalue weighted by Gasteiger charge is -2.06. The number of benzene rings is 1. The SMILES string of the molecule is C=CN1Cc2c(Br)cccc2C1=O. The molecular formula is C10H8BrNO. The monoisotopic (exact) mass is 237 g/mol. The molecule has 1 aliphatic rings. The molecule has 3 heteroatoms. The van der Waals surface area contributed by atoms with Gasteiger partial charge in [-0.2, -0.15) is 0 Å². The minimum atomic E-state index is 0.0336. The van der Waals surface area contributed by atoms with E-state index in [0.717, 1.165) is 15.6 Å². The summed E-state index contributed by atoms with van der Waals surface area (Å²) >= 11 is 3.42. The van der Waals surface area contributed by atoms with Gasteiger partial charge >= 0.3 is 0 Å². The Morgan fingerprint density at radius 3 is 2.92 bits per heavy atom. The summed E-state index contributed by atoms with van der Waals surface area (Å²) in [5, 5.41) is 0. The molecule has 0 bridgehead atoms. The van der Waals surface area contributed by atoms with Crippen molar-refractivity contribution in [2.75, 3.05) is 0 Å². The van der Waals surface area contributed by atoms with Gasteiger partial charge in [0.05, 0.1) is 6.54 Å².